The van der Waals surface area contributed by atoms with Gasteiger partial charge in [-0.3, -0.25) is 4.90 Å². The van der Waals surface area contributed by atoms with Crippen LogP contribution in [0, 0.1) is 0 Å². The van der Waals surface area contributed by atoms with Crippen LogP contribution < -0.4 is 20.7 Å². The molecule has 9 aromatic rings. The Balaban J connectivity index is 1.33. The lowest BCUT2D eigenvalue weighted by Gasteiger charge is -2.43. The summed E-state index contributed by atoms with van der Waals surface area (Å²) in [7, 11) is 0. The Morgan fingerprint density at radius 3 is 1.65 bits per heavy atom. The number of para-hydroxylation sites is 7. The maximum atomic E-state index is 5.37. The minimum Gasteiger partial charge on any atom is -0.345 e. The number of hydrogen-bond acceptors (Lipinski definition) is 3. The predicted molar refractivity (Wildman–Crippen MR) is 204 cm³/mol. The second kappa shape index (κ2) is 9.99. The van der Waals surface area contributed by atoms with Crippen LogP contribution in [0.3, 0.4) is 0 Å². The van der Waals surface area contributed by atoms with Crippen LogP contribution in [0.5, 0.6) is 0 Å². The highest BCUT2D eigenvalue weighted by atomic mass is 15.3. The fourth-order valence-corrected chi connectivity index (χ4v) is 8.30. The van der Waals surface area contributed by atoms with E-state index in [1.165, 1.54) is 38.4 Å². The monoisotopic (exact) mass is 625 g/mol. The van der Waals surface area contributed by atoms with Crippen LogP contribution in [0.2, 0.25) is 0 Å². The Morgan fingerprint density at radius 2 is 0.959 bits per heavy atom. The fourth-order valence-electron chi connectivity index (χ4n) is 8.30. The van der Waals surface area contributed by atoms with Crippen LogP contribution in [-0.2, 0) is 0 Å². The van der Waals surface area contributed by atoms with Gasteiger partial charge in [-0.25, -0.2) is 4.98 Å². The first-order valence-corrected chi connectivity index (χ1v) is 16.8. The van der Waals surface area contributed by atoms with Gasteiger partial charge < -0.3 is 13.9 Å². The zero-order valence-corrected chi connectivity index (χ0v) is 26.5. The molecule has 0 radical (unpaired) electrons. The topological polar surface area (TPSA) is 29.2 Å². The summed E-state index contributed by atoms with van der Waals surface area (Å²) in [4.78, 5) is 10.2. The van der Waals surface area contributed by atoms with E-state index in [2.05, 4.69) is 189 Å². The number of rotatable bonds is 3. The molecule has 2 aliphatic heterocycles. The minimum atomic E-state index is -0.0734. The van der Waals surface area contributed by atoms with E-state index in [0.717, 1.165) is 45.4 Å². The van der Waals surface area contributed by atoms with Gasteiger partial charge in [-0.1, -0.05) is 103 Å². The highest BCUT2D eigenvalue weighted by Gasteiger charge is 2.45. The van der Waals surface area contributed by atoms with Crippen molar-refractivity contribution in [1.29, 1.82) is 0 Å². The standard InChI is InChI=1S/C43H28BN5/c1-3-15-29(16-4-1)46-38-25-13-9-21-34(38)44-42-40(46)27-31(47-36-23-11-7-19-32(36)33-20-8-12-24-37(33)47)28-41(42)48(30-17-5-2-6-18-30)43-45-35-22-10-14-26-39(35)49(43)44/h1-28H. The molecule has 0 atom stereocenters. The molecule has 228 valence electrons. The van der Waals surface area contributed by atoms with Crippen LogP contribution in [0.25, 0.3) is 38.5 Å². The highest BCUT2D eigenvalue weighted by molar-refractivity contribution is 6.89. The number of imidazole rings is 1. The van der Waals surface area contributed by atoms with E-state index >= 15 is 0 Å². The summed E-state index contributed by atoms with van der Waals surface area (Å²) in [6.45, 7) is -0.0734. The minimum absolute atomic E-state index is 0.0734. The van der Waals surface area contributed by atoms with Crippen molar-refractivity contribution >= 4 is 85.0 Å². The summed E-state index contributed by atoms with van der Waals surface area (Å²) in [5, 5.41) is 2.49. The Labute approximate surface area is 283 Å². The zero-order valence-electron chi connectivity index (χ0n) is 26.5. The number of aromatic nitrogens is 3. The molecule has 7 aromatic carbocycles. The van der Waals surface area contributed by atoms with Gasteiger partial charge in [-0.15, -0.1) is 0 Å². The molecule has 0 fully saturated rings. The van der Waals surface area contributed by atoms with E-state index < -0.39 is 0 Å². The van der Waals surface area contributed by atoms with E-state index in [1.807, 2.05) is 0 Å². The maximum absolute atomic E-state index is 5.37. The molecule has 6 heteroatoms. The molecule has 0 N–H and O–H groups in total. The molecule has 2 aliphatic rings. The lowest BCUT2D eigenvalue weighted by molar-refractivity contribution is 1.07. The maximum Gasteiger partial charge on any atom is 0.337 e. The van der Waals surface area contributed by atoms with Gasteiger partial charge in [0.2, 0.25) is 5.95 Å². The van der Waals surface area contributed by atoms with Gasteiger partial charge in [0.15, 0.2) is 0 Å². The second-order valence-corrected chi connectivity index (χ2v) is 12.8. The summed E-state index contributed by atoms with van der Waals surface area (Å²) < 4.78 is 4.89. The number of anilines is 6. The number of fused-ring (bicyclic) bond motifs is 9. The molecule has 11 rings (SSSR count). The summed E-state index contributed by atoms with van der Waals surface area (Å²) in [6.07, 6.45) is 0. The van der Waals surface area contributed by atoms with Gasteiger partial charge in [-0.05, 0) is 77.7 Å². The Hall–Kier alpha value is -6.53. The molecular formula is C43H28BN5. The smallest absolute Gasteiger partial charge is 0.337 e. The van der Waals surface area contributed by atoms with Crippen LogP contribution in [0.1, 0.15) is 0 Å². The van der Waals surface area contributed by atoms with Crippen molar-refractivity contribution in [2.75, 3.05) is 9.80 Å². The summed E-state index contributed by atoms with van der Waals surface area (Å²) in [6, 6.07) is 61.2. The van der Waals surface area contributed by atoms with Gasteiger partial charge in [0.1, 0.15) is 0 Å². The molecule has 2 aromatic heterocycles. The Morgan fingerprint density at radius 1 is 0.429 bits per heavy atom. The van der Waals surface area contributed by atoms with Gasteiger partial charge in [-0.2, -0.15) is 0 Å². The summed E-state index contributed by atoms with van der Waals surface area (Å²) >= 11 is 0. The Bertz CT molecular complexity index is 2690. The first-order valence-electron chi connectivity index (χ1n) is 16.8. The highest BCUT2D eigenvalue weighted by Crippen LogP contribution is 2.47. The molecule has 0 amide bonds. The second-order valence-electron chi connectivity index (χ2n) is 12.8. The average Bonchev–Trinajstić information content (AvgIpc) is 3.71. The van der Waals surface area contributed by atoms with E-state index in [0.29, 0.717) is 0 Å². The summed E-state index contributed by atoms with van der Waals surface area (Å²) in [5.41, 5.74) is 13.8. The van der Waals surface area contributed by atoms with Crippen LogP contribution in [0.15, 0.2) is 170 Å². The van der Waals surface area contributed by atoms with Crippen molar-refractivity contribution in [3.8, 4) is 5.69 Å². The number of hydrogen-bond donors (Lipinski definition) is 0. The lowest BCUT2D eigenvalue weighted by atomic mass is 9.46. The average molecular weight is 626 g/mol. The molecular weight excluding hydrogens is 597 g/mol. The van der Waals surface area contributed by atoms with Crippen LogP contribution >= 0.6 is 0 Å². The van der Waals surface area contributed by atoms with E-state index in [4.69, 9.17) is 4.98 Å². The largest absolute Gasteiger partial charge is 0.345 e. The van der Waals surface area contributed by atoms with Crippen molar-refractivity contribution in [2.45, 2.75) is 0 Å². The molecule has 4 heterocycles. The first-order chi connectivity index (χ1) is 24.3. The SMILES string of the molecule is c1ccc(N2c3ccccc3B3c4c2cc(-n2c5ccccc5c5ccccc52)cc4N(c2ccccc2)c2nc4ccccc4n23)cc1. The van der Waals surface area contributed by atoms with Crippen molar-refractivity contribution in [3.05, 3.63) is 170 Å². The third kappa shape index (κ3) is 3.63. The molecule has 0 saturated heterocycles. The number of benzene rings is 7. The molecule has 0 saturated carbocycles. The van der Waals surface area contributed by atoms with Gasteiger partial charge in [0.25, 0.3) is 0 Å². The van der Waals surface area contributed by atoms with E-state index in [-0.39, 0.29) is 6.85 Å². The van der Waals surface area contributed by atoms with Gasteiger partial charge in [0, 0.05) is 33.5 Å². The zero-order chi connectivity index (χ0) is 32.1. The predicted octanol–water partition coefficient (Wildman–Crippen LogP) is 9.35. The normalized spacial score (nSPS) is 13.2. The van der Waals surface area contributed by atoms with Crippen molar-refractivity contribution in [2.24, 2.45) is 0 Å². The van der Waals surface area contributed by atoms with Crippen molar-refractivity contribution in [3.63, 3.8) is 0 Å². The molecule has 49 heavy (non-hydrogen) atoms. The van der Waals surface area contributed by atoms with E-state index in [1.54, 1.807) is 0 Å². The quantitative estimate of drug-likeness (QED) is 0.183. The third-order valence-corrected chi connectivity index (χ3v) is 10.3. The summed E-state index contributed by atoms with van der Waals surface area (Å²) in [5.74, 6) is 0.915. The van der Waals surface area contributed by atoms with Crippen LogP contribution in [0.4, 0.5) is 34.4 Å². The number of nitrogens with zero attached hydrogens (tertiary/aromatic N) is 5. The van der Waals surface area contributed by atoms with Crippen LogP contribution in [-0.4, -0.2) is 20.9 Å². The van der Waals surface area contributed by atoms with Crippen molar-refractivity contribution < 1.29 is 0 Å². The fraction of sp³-hybridized carbons (Fsp3) is 0. The Kier molecular flexibility index (Phi) is 5.41. The molecule has 0 unspecified atom stereocenters. The molecule has 0 spiro atoms. The van der Waals surface area contributed by atoms with Gasteiger partial charge >= 0.3 is 6.85 Å². The molecule has 0 aliphatic carbocycles. The molecule has 5 nitrogen and oxygen atoms in total. The molecule has 0 bridgehead atoms. The van der Waals surface area contributed by atoms with Crippen molar-refractivity contribution in [1.82, 2.24) is 14.0 Å². The first kappa shape index (κ1) is 26.5. The third-order valence-electron chi connectivity index (χ3n) is 10.3. The van der Waals surface area contributed by atoms with E-state index in [9.17, 15) is 0 Å². The van der Waals surface area contributed by atoms with Gasteiger partial charge in [0.05, 0.1) is 33.4 Å². The lowest BCUT2D eigenvalue weighted by Crippen LogP contribution is -2.58.